The predicted octanol–water partition coefficient (Wildman–Crippen LogP) is 2.15. The molecule has 2 rings (SSSR count). The van der Waals surface area contributed by atoms with Gasteiger partial charge in [-0.1, -0.05) is 12.8 Å². The molecule has 17 heavy (non-hydrogen) atoms. The molecule has 0 radical (unpaired) electrons. The van der Waals surface area contributed by atoms with Crippen molar-refractivity contribution >= 4 is 5.91 Å². The molecule has 0 unspecified atom stereocenters. The van der Waals surface area contributed by atoms with Gasteiger partial charge in [0.05, 0.1) is 0 Å². The minimum Gasteiger partial charge on any atom is -0.345 e. The Labute approximate surface area is 105 Å². The normalized spacial score (nSPS) is 30.5. The fraction of sp³-hybridized carbons (Fsp3) is 0.929. The van der Waals surface area contributed by atoms with Gasteiger partial charge >= 0.3 is 0 Å². The molecule has 2 N–H and O–H groups in total. The average Bonchev–Trinajstić information content (AvgIpc) is 2.82. The van der Waals surface area contributed by atoms with Gasteiger partial charge in [-0.15, -0.1) is 0 Å². The molecule has 3 nitrogen and oxygen atoms in total. The van der Waals surface area contributed by atoms with Gasteiger partial charge in [-0.25, -0.2) is 0 Å². The van der Waals surface area contributed by atoms with Crippen molar-refractivity contribution < 1.29 is 4.79 Å². The van der Waals surface area contributed by atoms with Crippen molar-refractivity contribution in [3.05, 3.63) is 0 Å². The molecule has 0 aromatic carbocycles. The topological polar surface area (TPSA) is 46.3 Å². The molecule has 98 valence electrons. The van der Waals surface area contributed by atoms with Crippen LogP contribution in [0.5, 0.6) is 0 Å². The van der Waals surface area contributed by atoms with E-state index in [1.807, 2.05) is 11.9 Å². The highest BCUT2D eigenvalue weighted by atomic mass is 16.2. The first-order chi connectivity index (χ1) is 8.16. The Morgan fingerprint density at radius 1 is 1.12 bits per heavy atom. The van der Waals surface area contributed by atoms with Crippen LogP contribution in [-0.4, -0.2) is 30.4 Å². The molecular weight excluding hydrogens is 212 g/mol. The van der Waals surface area contributed by atoms with Crippen molar-refractivity contribution in [3.63, 3.8) is 0 Å². The summed E-state index contributed by atoms with van der Waals surface area (Å²) in [6.45, 7) is 0.974. The van der Waals surface area contributed by atoms with Gasteiger partial charge in [0.15, 0.2) is 0 Å². The lowest BCUT2D eigenvalue weighted by molar-refractivity contribution is -0.135. The zero-order chi connectivity index (χ0) is 12.3. The summed E-state index contributed by atoms with van der Waals surface area (Å²) in [4.78, 5) is 14.3. The Morgan fingerprint density at radius 2 is 1.71 bits per heavy atom. The Kier molecular flexibility index (Phi) is 4.43. The van der Waals surface area contributed by atoms with Crippen molar-refractivity contribution in [3.8, 4) is 0 Å². The standard InChI is InChI=1S/C14H26N2O/c1-16(10-11-4-2-3-5-11)14(17)12-6-8-13(15)9-7-12/h11-13H,2-10,15H2,1H3. The maximum Gasteiger partial charge on any atom is 0.225 e. The van der Waals surface area contributed by atoms with E-state index in [0.29, 0.717) is 11.9 Å². The SMILES string of the molecule is CN(CC1CCCC1)C(=O)C1CCC(N)CC1. The van der Waals surface area contributed by atoms with E-state index in [1.165, 1.54) is 25.7 Å². The van der Waals surface area contributed by atoms with Crippen molar-refractivity contribution in [1.82, 2.24) is 4.90 Å². The third-order valence-electron chi connectivity index (χ3n) is 4.50. The lowest BCUT2D eigenvalue weighted by atomic mass is 9.85. The lowest BCUT2D eigenvalue weighted by Gasteiger charge is -2.30. The number of hydrogen-bond acceptors (Lipinski definition) is 2. The molecule has 0 heterocycles. The van der Waals surface area contributed by atoms with E-state index < -0.39 is 0 Å². The maximum absolute atomic E-state index is 12.3. The summed E-state index contributed by atoms with van der Waals surface area (Å²) >= 11 is 0. The Bertz CT molecular complexity index is 253. The smallest absolute Gasteiger partial charge is 0.225 e. The molecule has 0 bridgehead atoms. The van der Waals surface area contributed by atoms with Crippen molar-refractivity contribution in [2.24, 2.45) is 17.6 Å². The van der Waals surface area contributed by atoms with Crippen molar-refractivity contribution in [2.45, 2.75) is 57.4 Å². The third-order valence-corrected chi connectivity index (χ3v) is 4.50. The lowest BCUT2D eigenvalue weighted by Crippen LogP contribution is -2.39. The predicted molar refractivity (Wildman–Crippen MR) is 69.5 cm³/mol. The minimum atomic E-state index is 0.251. The quantitative estimate of drug-likeness (QED) is 0.819. The summed E-state index contributed by atoms with van der Waals surface area (Å²) in [7, 11) is 1.98. The number of hydrogen-bond donors (Lipinski definition) is 1. The Morgan fingerprint density at radius 3 is 2.29 bits per heavy atom. The van der Waals surface area contributed by atoms with Crippen LogP contribution in [0, 0.1) is 11.8 Å². The van der Waals surface area contributed by atoms with Gasteiger partial charge in [-0.2, -0.15) is 0 Å². The van der Waals surface area contributed by atoms with Crippen LogP contribution in [-0.2, 0) is 4.79 Å². The fourth-order valence-corrected chi connectivity index (χ4v) is 3.35. The second-order valence-corrected chi connectivity index (χ2v) is 5.98. The summed E-state index contributed by atoms with van der Waals surface area (Å²) in [6, 6.07) is 0.333. The summed E-state index contributed by atoms with van der Waals surface area (Å²) in [5.41, 5.74) is 5.88. The number of carbonyl (C=O) groups is 1. The first-order valence-corrected chi connectivity index (χ1v) is 7.17. The average molecular weight is 238 g/mol. The molecule has 0 atom stereocenters. The molecule has 2 aliphatic carbocycles. The number of nitrogens with two attached hydrogens (primary N) is 1. The van der Waals surface area contributed by atoms with Crippen LogP contribution in [0.4, 0.5) is 0 Å². The van der Waals surface area contributed by atoms with Crippen LogP contribution in [0.1, 0.15) is 51.4 Å². The molecule has 0 spiro atoms. The molecule has 0 saturated heterocycles. The van der Waals surface area contributed by atoms with Crippen LogP contribution in [0.25, 0.3) is 0 Å². The second kappa shape index (κ2) is 5.85. The second-order valence-electron chi connectivity index (χ2n) is 5.98. The first-order valence-electron chi connectivity index (χ1n) is 7.17. The van der Waals surface area contributed by atoms with Gasteiger partial charge in [-0.05, 0) is 44.4 Å². The van der Waals surface area contributed by atoms with Crippen molar-refractivity contribution in [2.75, 3.05) is 13.6 Å². The highest BCUT2D eigenvalue weighted by Crippen LogP contribution is 2.28. The molecule has 0 aliphatic heterocycles. The van der Waals surface area contributed by atoms with Crippen LogP contribution in [0.3, 0.4) is 0 Å². The van der Waals surface area contributed by atoms with E-state index in [1.54, 1.807) is 0 Å². The summed E-state index contributed by atoms with van der Waals surface area (Å²) < 4.78 is 0. The zero-order valence-corrected chi connectivity index (χ0v) is 11.0. The van der Waals surface area contributed by atoms with E-state index in [4.69, 9.17) is 5.73 Å². The van der Waals surface area contributed by atoms with Gasteiger partial charge in [-0.3, -0.25) is 4.79 Å². The molecule has 0 aromatic heterocycles. The van der Waals surface area contributed by atoms with Gasteiger partial charge < -0.3 is 10.6 Å². The molecule has 3 heteroatoms. The number of nitrogens with zero attached hydrogens (tertiary/aromatic N) is 1. The van der Waals surface area contributed by atoms with Gasteiger partial charge in [0.1, 0.15) is 0 Å². The summed E-state index contributed by atoms with van der Waals surface area (Å²) in [5.74, 6) is 1.37. The molecule has 1 amide bonds. The van der Waals surface area contributed by atoms with Crippen LogP contribution >= 0.6 is 0 Å². The van der Waals surface area contributed by atoms with Crippen LogP contribution < -0.4 is 5.73 Å². The van der Waals surface area contributed by atoms with E-state index in [0.717, 1.165) is 38.1 Å². The molecule has 0 aromatic rings. The minimum absolute atomic E-state index is 0.251. The molecular formula is C14H26N2O. The van der Waals surface area contributed by atoms with E-state index in [2.05, 4.69) is 0 Å². The van der Waals surface area contributed by atoms with E-state index in [-0.39, 0.29) is 5.92 Å². The van der Waals surface area contributed by atoms with Crippen molar-refractivity contribution in [1.29, 1.82) is 0 Å². The maximum atomic E-state index is 12.3. The summed E-state index contributed by atoms with van der Waals surface area (Å²) in [5, 5.41) is 0. The monoisotopic (exact) mass is 238 g/mol. The van der Waals surface area contributed by atoms with Gasteiger partial charge in [0.25, 0.3) is 0 Å². The molecule has 2 fully saturated rings. The molecule has 2 aliphatic rings. The van der Waals surface area contributed by atoms with Gasteiger partial charge in [0.2, 0.25) is 5.91 Å². The third kappa shape index (κ3) is 3.44. The van der Waals surface area contributed by atoms with Gasteiger partial charge in [0, 0.05) is 25.6 Å². The highest BCUT2D eigenvalue weighted by Gasteiger charge is 2.28. The Balaban J connectivity index is 1.77. The number of rotatable bonds is 3. The Hall–Kier alpha value is -0.570. The highest BCUT2D eigenvalue weighted by molar-refractivity contribution is 5.78. The largest absolute Gasteiger partial charge is 0.345 e. The zero-order valence-electron chi connectivity index (χ0n) is 11.0. The van der Waals surface area contributed by atoms with Crippen LogP contribution in [0.2, 0.25) is 0 Å². The van der Waals surface area contributed by atoms with E-state index >= 15 is 0 Å². The number of amides is 1. The molecule has 2 saturated carbocycles. The van der Waals surface area contributed by atoms with E-state index in [9.17, 15) is 4.79 Å². The first kappa shape index (κ1) is 12.9. The number of carbonyl (C=O) groups excluding carboxylic acids is 1. The fourth-order valence-electron chi connectivity index (χ4n) is 3.35. The van der Waals surface area contributed by atoms with Crippen LogP contribution in [0.15, 0.2) is 0 Å². The summed E-state index contributed by atoms with van der Waals surface area (Å²) in [6.07, 6.45) is 9.36.